The molecule has 0 aliphatic rings. The number of hydrogen-bond acceptors (Lipinski definition) is 0. The Kier molecular flexibility index (Phi) is 6.92. The summed E-state index contributed by atoms with van der Waals surface area (Å²) in [5, 5.41) is 0. The van der Waals surface area contributed by atoms with Gasteiger partial charge in [-0.25, -0.2) is 0 Å². The number of para-hydroxylation sites is 2. The summed E-state index contributed by atoms with van der Waals surface area (Å²) in [6.45, 7) is 0. The average Bonchev–Trinajstić information content (AvgIpc) is 3.26. The first-order valence-electron chi connectivity index (χ1n) is 10.7. The smallest absolute Gasteiger partial charge is 0.418 e. The molecule has 170 valence electrons. The highest BCUT2D eigenvalue weighted by atomic mass is 19.5. The number of imidazole rings is 1. The van der Waals surface area contributed by atoms with Gasteiger partial charge in [0.1, 0.15) is 17.6 Å². The molecule has 4 aromatic carbocycles. The third kappa shape index (κ3) is 5.62. The van der Waals surface area contributed by atoms with E-state index in [0.29, 0.717) is 0 Å². The second-order valence-corrected chi connectivity index (χ2v) is 7.44. The molecule has 0 atom stereocenters. The van der Waals surface area contributed by atoms with Gasteiger partial charge in [-0.05, 0) is 36.4 Å². The van der Waals surface area contributed by atoms with Crippen molar-refractivity contribution in [1.29, 1.82) is 0 Å². The molecule has 0 aliphatic carbocycles. The molecule has 1 heterocycles. The van der Waals surface area contributed by atoms with E-state index in [1.165, 1.54) is 11.1 Å². The molecule has 1 aromatic heterocycles. The maximum atomic E-state index is 9.75. The first kappa shape index (κ1) is 23.0. The van der Waals surface area contributed by atoms with Crippen molar-refractivity contribution < 1.29 is 21.8 Å². The molecule has 34 heavy (non-hydrogen) atoms. The Bertz CT molecular complexity index is 1220. The summed E-state index contributed by atoms with van der Waals surface area (Å²) in [4.78, 5) is 0. The third-order valence-electron chi connectivity index (χ3n) is 5.08. The Hall–Kier alpha value is -4.13. The average molecular weight is 460 g/mol. The minimum absolute atomic E-state index is 1.13. The van der Waals surface area contributed by atoms with Crippen LogP contribution in [-0.4, -0.2) is 11.8 Å². The summed E-state index contributed by atoms with van der Waals surface area (Å²) in [6.07, 6.45) is 2.24. The van der Waals surface area contributed by atoms with Crippen molar-refractivity contribution in [3.63, 3.8) is 0 Å². The van der Waals surface area contributed by atoms with Crippen molar-refractivity contribution in [1.82, 2.24) is 4.57 Å². The fourth-order valence-corrected chi connectivity index (χ4v) is 3.75. The van der Waals surface area contributed by atoms with Crippen LogP contribution in [-0.2, 0) is 0 Å². The minimum Gasteiger partial charge on any atom is -0.418 e. The topological polar surface area (TPSA) is 8.81 Å². The van der Waals surface area contributed by atoms with E-state index in [1.807, 2.05) is 0 Å². The van der Waals surface area contributed by atoms with Crippen LogP contribution in [0.2, 0.25) is 0 Å². The van der Waals surface area contributed by atoms with E-state index in [-0.39, 0.29) is 0 Å². The highest BCUT2D eigenvalue weighted by Crippen LogP contribution is 2.30. The summed E-state index contributed by atoms with van der Waals surface area (Å²) in [7, 11) is -6.00. The van der Waals surface area contributed by atoms with Crippen LogP contribution < -0.4 is 4.57 Å². The quantitative estimate of drug-likeness (QED) is 0.150. The number of hydrogen-bond donors (Lipinski definition) is 0. The normalized spacial score (nSPS) is 10.9. The van der Waals surface area contributed by atoms with Gasteiger partial charge in [-0.2, -0.15) is 9.13 Å². The van der Waals surface area contributed by atoms with Crippen LogP contribution >= 0.6 is 0 Å². The van der Waals surface area contributed by atoms with Gasteiger partial charge in [0, 0.05) is 5.56 Å². The second kappa shape index (κ2) is 10.2. The molecule has 2 nitrogen and oxygen atoms in total. The number of rotatable bonds is 4. The maximum Gasteiger partial charge on any atom is 0.673 e. The van der Waals surface area contributed by atoms with Crippen molar-refractivity contribution in [2.45, 2.75) is 0 Å². The van der Waals surface area contributed by atoms with Gasteiger partial charge in [0.05, 0.1) is 5.56 Å². The Morgan fingerprint density at radius 3 is 1.44 bits per heavy atom. The Morgan fingerprint density at radius 1 is 0.529 bits per heavy atom. The van der Waals surface area contributed by atoms with E-state index in [1.54, 1.807) is 0 Å². The van der Waals surface area contributed by atoms with Crippen molar-refractivity contribution in [2.75, 3.05) is 0 Å². The molecule has 0 spiro atoms. The summed E-state index contributed by atoms with van der Waals surface area (Å²) >= 11 is 0. The molecule has 0 radical (unpaired) electrons. The monoisotopic (exact) mass is 460 g/mol. The predicted octanol–water partition coefficient (Wildman–Crippen LogP) is 7.39. The molecule has 7 heteroatoms. The molecule has 0 fully saturated rings. The van der Waals surface area contributed by atoms with E-state index in [2.05, 4.69) is 137 Å². The molecule has 0 amide bonds. The predicted molar refractivity (Wildman–Crippen MR) is 128 cm³/mol. The van der Waals surface area contributed by atoms with Crippen LogP contribution in [0.1, 0.15) is 0 Å². The lowest BCUT2D eigenvalue weighted by Crippen LogP contribution is -2.31. The van der Waals surface area contributed by atoms with E-state index in [4.69, 9.17) is 0 Å². The molecule has 0 unspecified atom stereocenters. The fraction of sp³-hybridized carbons (Fsp3) is 0. The minimum atomic E-state index is -6.00. The first-order chi connectivity index (χ1) is 16.4. The SMILES string of the molecule is F[B-](F)(F)F.c1ccc(-c2c[n+](-c3ccccc3)c(-c3ccccc3)n2-c2ccccc2)cc1. The number of nitrogens with zero attached hydrogens (tertiary/aromatic N) is 2. The molecule has 0 saturated heterocycles. The molecule has 0 saturated carbocycles. The van der Waals surface area contributed by atoms with Crippen LogP contribution in [0.3, 0.4) is 0 Å². The zero-order chi connectivity index (χ0) is 24.0. The number of benzene rings is 4. The third-order valence-corrected chi connectivity index (χ3v) is 5.08. The van der Waals surface area contributed by atoms with E-state index < -0.39 is 7.25 Å². The van der Waals surface area contributed by atoms with E-state index in [0.717, 1.165) is 22.9 Å². The lowest BCUT2D eigenvalue weighted by atomic mass is 10.1. The van der Waals surface area contributed by atoms with Crippen LogP contribution in [0.25, 0.3) is 34.0 Å². The first-order valence-corrected chi connectivity index (χ1v) is 10.7. The summed E-state index contributed by atoms with van der Waals surface area (Å²) in [5.41, 5.74) is 5.78. The zero-order valence-corrected chi connectivity index (χ0v) is 18.1. The van der Waals surface area contributed by atoms with Gasteiger partial charge in [-0.3, -0.25) is 0 Å². The number of aromatic nitrogens is 2. The lowest BCUT2D eigenvalue weighted by molar-refractivity contribution is -0.582. The summed E-state index contributed by atoms with van der Waals surface area (Å²) in [6, 6.07) is 42.2. The van der Waals surface area contributed by atoms with Crippen LogP contribution in [0, 0.1) is 0 Å². The van der Waals surface area contributed by atoms with Gasteiger partial charge in [0.25, 0.3) is 5.82 Å². The van der Waals surface area contributed by atoms with Crippen molar-refractivity contribution >= 4 is 7.25 Å². The van der Waals surface area contributed by atoms with Gasteiger partial charge in [-0.1, -0.05) is 84.9 Å². The van der Waals surface area contributed by atoms with Gasteiger partial charge >= 0.3 is 7.25 Å². The Labute approximate surface area is 195 Å². The van der Waals surface area contributed by atoms with Crippen LogP contribution in [0.4, 0.5) is 17.3 Å². The Morgan fingerprint density at radius 2 is 0.941 bits per heavy atom. The maximum absolute atomic E-state index is 9.75. The zero-order valence-electron chi connectivity index (χ0n) is 18.1. The van der Waals surface area contributed by atoms with Crippen molar-refractivity contribution in [3.8, 4) is 34.0 Å². The van der Waals surface area contributed by atoms with Gasteiger partial charge in [0.15, 0.2) is 5.69 Å². The van der Waals surface area contributed by atoms with Crippen LogP contribution in [0.5, 0.6) is 0 Å². The Balaban J connectivity index is 0.000000499. The highest BCUT2D eigenvalue weighted by molar-refractivity contribution is 6.50. The molecule has 0 aliphatic heterocycles. The highest BCUT2D eigenvalue weighted by Gasteiger charge is 2.28. The van der Waals surface area contributed by atoms with E-state index >= 15 is 0 Å². The molecule has 5 rings (SSSR count). The summed E-state index contributed by atoms with van der Waals surface area (Å²) in [5.74, 6) is 1.13. The molecule has 0 N–H and O–H groups in total. The largest absolute Gasteiger partial charge is 0.673 e. The van der Waals surface area contributed by atoms with Crippen molar-refractivity contribution in [3.05, 3.63) is 128 Å². The van der Waals surface area contributed by atoms with Crippen molar-refractivity contribution in [2.24, 2.45) is 0 Å². The molecule has 5 aromatic rings. The standard InChI is InChI=1S/C27H21N2.BF4/c1-5-13-22(14-6-1)26-21-28(24-17-9-3-10-18-24)27(23-15-7-2-8-16-23)29(26)25-19-11-4-12-20-25;2-1(3,4)5/h1-21H;/q+1;-1. The lowest BCUT2D eigenvalue weighted by Gasteiger charge is -2.07. The molecular formula is C27H21BF4N2. The van der Waals surface area contributed by atoms with Crippen LogP contribution in [0.15, 0.2) is 128 Å². The molecular weight excluding hydrogens is 439 g/mol. The molecule has 0 bridgehead atoms. The second-order valence-electron chi connectivity index (χ2n) is 7.44. The van der Waals surface area contributed by atoms with Gasteiger partial charge in [-0.15, -0.1) is 0 Å². The van der Waals surface area contributed by atoms with Gasteiger partial charge < -0.3 is 17.3 Å². The number of halogens is 4. The fourth-order valence-electron chi connectivity index (χ4n) is 3.75. The van der Waals surface area contributed by atoms with Gasteiger partial charge in [0.2, 0.25) is 0 Å². The summed E-state index contributed by atoms with van der Waals surface area (Å²) < 4.78 is 43.6. The van der Waals surface area contributed by atoms with E-state index in [9.17, 15) is 17.3 Å².